The Kier molecular flexibility index (Phi) is 10.1. The van der Waals surface area contributed by atoms with Gasteiger partial charge in [-0.05, 0) is 43.5 Å². The Morgan fingerprint density at radius 3 is 2.29 bits per heavy atom. The molecule has 0 aliphatic carbocycles. The standard InChI is InChI=1S/C28H39FN4O2/c1-4-7-11-21(5-2)27(34)31-23-14-15-25(24(29)20-23)32-16-18-33(19-17-32)26(28(35)30-6-3)22-12-9-8-10-13-22/h8-10,12-15,20-21,26H,4-7,11,16-19H2,1-3H3,(H,30,35)(H,31,34). The summed E-state index contributed by atoms with van der Waals surface area (Å²) >= 11 is 0. The minimum absolute atomic E-state index is 0.0113. The topological polar surface area (TPSA) is 64.7 Å². The highest BCUT2D eigenvalue weighted by Gasteiger charge is 2.30. The van der Waals surface area contributed by atoms with Gasteiger partial charge in [0.25, 0.3) is 0 Å². The average Bonchev–Trinajstić information content (AvgIpc) is 2.86. The van der Waals surface area contributed by atoms with E-state index in [-0.39, 0.29) is 29.6 Å². The molecule has 0 bridgehead atoms. The summed E-state index contributed by atoms with van der Waals surface area (Å²) in [5.41, 5.74) is 1.97. The third-order valence-electron chi connectivity index (χ3n) is 6.72. The molecule has 1 saturated heterocycles. The lowest BCUT2D eigenvalue weighted by atomic mass is 9.98. The molecule has 6 nitrogen and oxygen atoms in total. The number of carbonyl (C=O) groups excluding carboxylic acids is 2. The number of halogens is 1. The van der Waals surface area contributed by atoms with Crippen LogP contribution in [0.25, 0.3) is 0 Å². The van der Waals surface area contributed by atoms with E-state index >= 15 is 4.39 Å². The highest BCUT2D eigenvalue weighted by atomic mass is 19.1. The quantitative estimate of drug-likeness (QED) is 0.474. The van der Waals surface area contributed by atoms with Crippen molar-refractivity contribution in [2.24, 2.45) is 5.92 Å². The molecule has 1 aliphatic heterocycles. The molecule has 0 aromatic heterocycles. The van der Waals surface area contributed by atoms with Gasteiger partial charge in [-0.25, -0.2) is 4.39 Å². The smallest absolute Gasteiger partial charge is 0.241 e. The second-order valence-electron chi connectivity index (χ2n) is 9.13. The highest BCUT2D eigenvalue weighted by Crippen LogP contribution is 2.28. The maximum Gasteiger partial charge on any atom is 0.241 e. The van der Waals surface area contributed by atoms with Gasteiger partial charge in [-0.15, -0.1) is 0 Å². The predicted octanol–water partition coefficient (Wildman–Crippen LogP) is 4.98. The van der Waals surface area contributed by atoms with Gasteiger partial charge in [0.15, 0.2) is 0 Å². The van der Waals surface area contributed by atoms with Gasteiger partial charge >= 0.3 is 0 Å². The Balaban J connectivity index is 1.64. The van der Waals surface area contributed by atoms with E-state index in [0.717, 1.165) is 31.2 Å². The van der Waals surface area contributed by atoms with Crippen molar-refractivity contribution < 1.29 is 14.0 Å². The monoisotopic (exact) mass is 482 g/mol. The van der Waals surface area contributed by atoms with E-state index in [4.69, 9.17) is 0 Å². The van der Waals surface area contributed by atoms with Crippen molar-refractivity contribution in [3.05, 3.63) is 59.9 Å². The number of hydrogen-bond donors (Lipinski definition) is 2. The van der Waals surface area contributed by atoms with Gasteiger partial charge in [0.2, 0.25) is 11.8 Å². The maximum atomic E-state index is 15.0. The summed E-state index contributed by atoms with van der Waals surface area (Å²) < 4.78 is 15.0. The van der Waals surface area contributed by atoms with Gasteiger partial charge in [0.1, 0.15) is 11.9 Å². The molecule has 2 N–H and O–H groups in total. The van der Waals surface area contributed by atoms with Crippen LogP contribution in [0.3, 0.4) is 0 Å². The summed E-state index contributed by atoms with van der Waals surface area (Å²) in [5.74, 6) is -0.448. The van der Waals surface area contributed by atoms with Crippen LogP contribution in [0.5, 0.6) is 0 Å². The zero-order valence-electron chi connectivity index (χ0n) is 21.2. The SMILES string of the molecule is CCCCC(CC)C(=O)Nc1ccc(N2CCN(C(C(=O)NCC)c3ccccc3)CC2)c(F)c1. The second kappa shape index (κ2) is 13.2. The number of nitrogens with zero attached hydrogens (tertiary/aromatic N) is 2. The first-order valence-electron chi connectivity index (χ1n) is 12.9. The van der Waals surface area contributed by atoms with E-state index in [1.165, 1.54) is 6.07 Å². The van der Waals surface area contributed by atoms with Crippen molar-refractivity contribution in [1.29, 1.82) is 0 Å². The van der Waals surface area contributed by atoms with Gasteiger partial charge in [-0.2, -0.15) is 0 Å². The fraction of sp³-hybridized carbons (Fsp3) is 0.500. The summed E-state index contributed by atoms with van der Waals surface area (Å²) in [5, 5.41) is 5.84. The number of nitrogens with one attached hydrogen (secondary N) is 2. The molecular weight excluding hydrogens is 443 g/mol. The summed E-state index contributed by atoms with van der Waals surface area (Å²) in [6.45, 7) is 9.13. The van der Waals surface area contributed by atoms with Crippen LogP contribution in [0.1, 0.15) is 58.1 Å². The normalized spacial score (nSPS) is 15.9. The first kappa shape index (κ1) is 26.7. The van der Waals surface area contributed by atoms with Gasteiger partial charge in [-0.1, -0.05) is 57.0 Å². The fourth-order valence-electron chi connectivity index (χ4n) is 4.71. The molecule has 1 aliphatic rings. The summed E-state index contributed by atoms with van der Waals surface area (Å²) in [6, 6.07) is 14.4. The van der Waals surface area contributed by atoms with Gasteiger partial charge in [0, 0.05) is 44.3 Å². The Morgan fingerprint density at radius 1 is 0.971 bits per heavy atom. The Labute approximate surface area is 208 Å². The molecule has 2 unspecified atom stereocenters. The number of unbranched alkanes of at least 4 members (excludes halogenated alkanes) is 1. The predicted molar refractivity (Wildman–Crippen MR) is 140 cm³/mol. The number of piperazine rings is 1. The van der Waals surface area contributed by atoms with Crippen LogP contribution in [-0.2, 0) is 9.59 Å². The number of benzene rings is 2. The Hall–Kier alpha value is -2.93. The van der Waals surface area contributed by atoms with E-state index in [2.05, 4.69) is 22.5 Å². The van der Waals surface area contributed by atoms with Crippen LogP contribution in [0.4, 0.5) is 15.8 Å². The molecule has 2 atom stereocenters. The lowest BCUT2D eigenvalue weighted by molar-refractivity contribution is -0.126. The molecule has 7 heteroatoms. The van der Waals surface area contributed by atoms with Crippen molar-refractivity contribution in [1.82, 2.24) is 10.2 Å². The molecule has 0 radical (unpaired) electrons. The zero-order valence-corrected chi connectivity index (χ0v) is 21.2. The van der Waals surface area contributed by atoms with Crippen molar-refractivity contribution in [3.63, 3.8) is 0 Å². The third-order valence-corrected chi connectivity index (χ3v) is 6.72. The highest BCUT2D eigenvalue weighted by molar-refractivity contribution is 5.92. The van der Waals surface area contributed by atoms with Crippen LogP contribution in [0.2, 0.25) is 0 Å². The molecule has 1 heterocycles. The zero-order chi connectivity index (χ0) is 25.2. The second-order valence-corrected chi connectivity index (χ2v) is 9.13. The number of anilines is 2. The molecule has 1 fully saturated rings. The summed E-state index contributed by atoms with van der Waals surface area (Å²) in [6.07, 6.45) is 3.69. The van der Waals surface area contributed by atoms with Crippen molar-refractivity contribution in [2.45, 2.75) is 52.5 Å². The lowest BCUT2D eigenvalue weighted by Gasteiger charge is -2.39. The molecule has 3 rings (SSSR count). The molecule has 2 amide bonds. The van der Waals surface area contributed by atoms with E-state index in [9.17, 15) is 9.59 Å². The van der Waals surface area contributed by atoms with Crippen molar-refractivity contribution >= 4 is 23.2 Å². The van der Waals surface area contributed by atoms with Crippen LogP contribution >= 0.6 is 0 Å². The Morgan fingerprint density at radius 2 is 1.69 bits per heavy atom. The molecule has 35 heavy (non-hydrogen) atoms. The molecule has 0 saturated carbocycles. The maximum absolute atomic E-state index is 15.0. The first-order valence-corrected chi connectivity index (χ1v) is 12.9. The van der Waals surface area contributed by atoms with Crippen LogP contribution in [0.15, 0.2) is 48.5 Å². The number of likely N-dealkylation sites (N-methyl/N-ethyl adjacent to an activating group) is 1. The minimum Gasteiger partial charge on any atom is -0.367 e. The Bertz CT molecular complexity index is 961. The lowest BCUT2D eigenvalue weighted by Crippen LogP contribution is -2.51. The molecular formula is C28H39FN4O2. The third kappa shape index (κ3) is 7.04. The van der Waals surface area contributed by atoms with Gasteiger partial charge in [-0.3, -0.25) is 14.5 Å². The van der Waals surface area contributed by atoms with E-state index in [1.807, 2.05) is 49.1 Å². The van der Waals surface area contributed by atoms with Crippen molar-refractivity contribution in [2.75, 3.05) is 42.9 Å². The fourth-order valence-corrected chi connectivity index (χ4v) is 4.71. The van der Waals surface area contributed by atoms with Crippen molar-refractivity contribution in [3.8, 4) is 0 Å². The van der Waals surface area contributed by atoms with E-state index in [1.54, 1.807) is 12.1 Å². The molecule has 2 aromatic rings. The number of carbonyl (C=O) groups is 2. The molecule has 190 valence electrons. The van der Waals surface area contributed by atoms with Crippen LogP contribution in [-0.4, -0.2) is 49.4 Å². The van der Waals surface area contributed by atoms with Gasteiger partial charge in [0.05, 0.1) is 5.69 Å². The molecule has 0 spiro atoms. The average molecular weight is 483 g/mol. The van der Waals surface area contributed by atoms with E-state index < -0.39 is 0 Å². The minimum atomic E-state index is -0.361. The largest absolute Gasteiger partial charge is 0.367 e. The summed E-state index contributed by atoms with van der Waals surface area (Å²) in [7, 11) is 0. The van der Waals surface area contributed by atoms with E-state index in [0.29, 0.717) is 44.1 Å². The van der Waals surface area contributed by atoms with Crippen LogP contribution < -0.4 is 15.5 Å². The number of rotatable bonds is 11. The molecule has 2 aromatic carbocycles. The van der Waals surface area contributed by atoms with Crippen LogP contribution in [0, 0.1) is 11.7 Å². The van der Waals surface area contributed by atoms with Gasteiger partial charge < -0.3 is 15.5 Å². The number of hydrogen-bond acceptors (Lipinski definition) is 4. The number of amides is 2. The summed E-state index contributed by atoms with van der Waals surface area (Å²) in [4.78, 5) is 29.6. The first-order chi connectivity index (χ1) is 17.0.